The molecule has 0 radical (unpaired) electrons. The molecule has 2 heterocycles. The zero-order valence-electron chi connectivity index (χ0n) is 16.1. The summed E-state index contributed by atoms with van der Waals surface area (Å²) in [5.41, 5.74) is 2.43. The van der Waals surface area contributed by atoms with Gasteiger partial charge in [-0.1, -0.05) is 17.7 Å². The molecular weight excluding hydrogens is 364 g/mol. The first-order valence-corrected chi connectivity index (χ1v) is 10.3. The molecule has 6 nitrogen and oxygen atoms in total. The molecule has 2 fully saturated rings. The second-order valence-electron chi connectivity index (χ2n) is 7.53. The number of benzene rings is 1. The number of quaternary nitrogens is 1. The molecule has 0 spiro atoms. The number of likely N-dealkylation sites (tertiary alicyclic amines) is 1. The van der Waals surface area contributed by atoms with Crippen LogP contribution in [0.5, 0.6) is 0 Å². The van der Waals surface area contributed by atoms with E-state index in [4.69, 9.17) is 11.6 Å². The highest BCUT2D eigenvalue weighted by Crippen LogP contribution is 2.24. The first kappa shape index (κ1) is 20.0. The van der Waals surface area contributed by atoms with Crippen LogP contribution in [0.4, 0.5) is 5.69 Å². The van der Waals surface area contributed by atoms with Gasteiger partial charge >= 0.3 is 0 Å². The maximum absolute atomic E-state index is 12.2. The van der Waals surface area contributed by atoms with E-state index in [0.717, 1.165) is 57.1 Å². The van der Waals surface area contributed by atoms with Gasteiger partial charge in [0.15, 0.2) is 6.54 Å². The lowest BCUT2D eigenvalue weighted by molar-refractivity contribution is -0.892. The van der Waals surface area contributed by atoms with Gasteiger partial charge in [0.1, 0.15) is 0 Å². The Labute approximate surface area is 166 Å². The van der Waals surface area contributed by atoms with Crippen LogP contribution in [0.3, 0.4) is 0 Å². The van der Waals surface area contributed by atoms with Gasteiger partial charge in [0, 0.05) is 36.8 Å². The lowest BCUT2D eigenvalue weighted by Gasteiger charge is -2.34. The Balaban J connectivity index is 1.34. The predicted octanol–water partition coefficient (Wildman–Crippen LogP) is 0.482. The quantitative estimate of drug-likeness (QED) is 0.663. The van der Waals surface area contributed by atoms with Crippen molar-refractivity contribution >= 4 is 29.1 Å². The maximum atomic E-state index is 12.2. The fourth-order valence-electron chi connectivity index (χ4n) is 3.89. The molecule has 1 aromatic rings. The van der Waals surface area contributed by atoms with Gasteiger partial charge in [0.2, 0.25) is 5.91 Å². The summed E-state index contributed by atoms with van der Waals surface area (Å²) in [5.74, 6) is 0.351. The lowest BCUT2D eigenvalue weighted by atomic mass is 10.1. The Kier molecular flexibility index (Phi) is 6.96. The summed E-state index contributed by atoms with van der Waals surface area (Å²) in [7, 11) is 0. The molecule has 0 aliphatic carbocycles. The highest BCUT2D eigenvalue weighted by atomic mass is 35.5. The standard InChI is InChI=1S/C20H29ClN4O2/c1-16-5-6-17(21)14-18(16)24-12-10-23(11-13-24)15-19(26)22-7-3-9-25-8-2-4-20(25)27/h5-6,14H,2-4,7-13,15H2,1H3,(H,22,26)/p+1. The van der Waals surface area contributed by atoms with Gasteiger partial charge < -0.3 is 20.0 Å². The molecule has 148 valence electrons. The van der Waals surface area contributed by atoms with Crippen molar-refractivity contribution in [2.45, 2.75) is 26.2 Å². The van der Waals surface area contributed by atoms with Crippen molar-refractivity contribution < 1.29 is 14.5 Å². The van der Waals surface area contributed by atoms with Gasteiger partial charge in [-0.25, -0.2) is 0 Å². The number of rotatable bonds is 7. The second kappa shape index (κ2) is 9.42. The second-order valence-corrected chi connectivity index (χ2v) is 7.97. The van der Waals surface area contributed by atoms with Crippen LogP contribution in [0.25, 0.3) is 0 Å². The number of nitrogens with one attached hydrogen (secondary N) is 2. The van der Waals surface area contributed by atoms with Gasteiger partial charge in [0.05, 0.1) is 26.2 Å². The monoisotopic (exact) mass is 393 g/mol. The first-order chi connectivity index (χ1) is 13.0. The number of nitrogens with zero attached hydrogens (tertiary/aromatic N) is 2. The Morgan fingerprint density at radius 3 is 2.74 bits per heavy atom. The lowest BCUT2D eigenvalue weighted by Crippen LogP contribution is -3.16. The Hall–Kier alpha value is -1.79. The van der Waals surface area contributed by atoms with Crippen molar-refractivity contribution in [3.63, 3.8) is 0 Å². The molecule has 0 aromatic heterocycles. The van der Waals surface area contributed by atoms with Gasteiger partial charge in [-0.15, -0.1) is 0 Å². The van der Waals surface area contributed by atoms with Crippen LogP contribution >= 0.6 is 11.6 Å². The van der Waals surface area contributed by atoms with E-state index in [-0.39, 0.29) is 11.8 Å². The van der Waals surface area contributed by atoms with Crippen LogP contribution in [0, 0.1) is 6.92 Å². The molecule has 2 aliphatic heterocycles. The third-order valence-corrected chi connectivity index (χ3v) is 5.73. The molecule has 2 amide bonds. The van der Waals surface area contributed by atoms with Crippen LogP contribution < -0.4 is 15.1 Å². The number of piperazine rings is 1. The number of anilines is 1. The molecule has 3 rings (SSSR count). The van der Waals surface area contributed by atoms with E-state index < -0.39 is 0 Å². The number of carbonyl (C=O) groups is 2. The number of halogens is 1. The minimum Gasteiger partial charge on any atom is -0.360 e. The molecule has 0 atom stereocenters. The van der Waals surface area contributed by atoms with E-state index in [1.54, 1.807) is 0 Å². The van der Waals surface area contributed by atoms with E-state index in [1.165, 1.54) is 16.2 Å². The van der Waals surface area contributed by atoms with Crippen molar-refractivity contribution in [3.8, 4) is 0 Å². The SMILES string of the molecule is Cc1ccc(Cl)cc1N1CC[NH+](CC(=O)NCCCN2CCCC2=O)CC1. The molecule has 2 saturated heterocycles. The fourth-order valence-corrected chi connectivity index (χ4v) is 4.06. The molecule has 1 aromatic carbocycles. The minimum absolute atomic E-state index is 0.102. The average molecular weight is 394 g/mol. The van der Waals surface area contributed by atoms with Crippen LogP contribution in [0.1, 0.15) is 24.8 Å². The Morgan fingerprint density at radius 2 is 2.04 bits per heavy atom. The van der Waals surface area contributed by atoms with E-state index in [9.17, 15) is 9.59 Å². The third kappa shape index (κ3) is 5.59. The highest BCUT2D eigenvalue weighted by molar-refractivity contribution is 6.30. The Bertz CT molecular complexity index is 674. The Morgan fingerprint density at radius 1 is 1.26 bits per heavy atom. The summed E-state index contributed by atoms with van der Waals surface area (Å²) in [6.07, 6.45) is 2.47. The summed E-state index contributed by atoms with van der Waals surface area (Å²) in [5, 5.41) is 3.76. The van der Waals surface area contributed by atoms with Crippen LogP contribution in [-0.4, -0.2) is 69.1 Å². The fraction of sp³-hybridized carbons (Fsp3) is 0.600. The summed E-state index contributed by atoms with van der Waals surface area (Å²) in [4.78, 5) is 29.3. The number of hydrogen-bond donors (Lipinski definition) is 2. The van der Waals surface area contributed by atoms with Crippen molar-refractivity contribution in [1.82, 2.24) is 10.2 Å². The van der Waals surface area contributed by atoms with Crippen LogP contribution in [-0.2, 0) is 9.59 Å². The molecule has 0 saturated carbocycles. The summed E-state index contributed by atoms with van der Waals surface area (Å²) in [6.45, 7) is 8.64. The van der Waals surface area contributed by atoms with Crippen molar-refractivity contribution in [3.05, 3.63) is 28.8 Å². The van der Waals surface area contributed by atoms with Gasteiger partial charge in [-0.2, -0.15) is 0 Å². The van der Waals surface area contributed by atoms with Gasteiger partial charge in [-0.05, 0) is 37.5 Å². The topological polar surface area (TPSA) is 57.1 Å². The number of aryl methyl sites for hydroxylation is 1. The first-order valence-electron chi connectivity index (χ1n) is 9.92. The molecule has 27 heavy (non-hydrogen) atoms. The maximum Gasteiger partial charge on any atom is 0.275 e. The summed E-state index contributed by atoms with van der Waals surface area (Å²) >= 11 is 6.14. The normalized spacial score (nSPS) is 18.2. The number of carbonyl (C=O) groups excluding carboxylic acids is 2. The molecule has 0 unspecified atom stereocenters. The van der Waals surface area contributed by atoms with Crippen molar-refractivity contribution in [2.24, 2.45) is 0 Å². The van der Waals surface area contributed by atoms with Crippen molar-refractivity contribution in [2.75, 3.05) is 57.3 Å². The van der Waals surface area contributed by atoms with E-state index in [1.807, 2.05) is 17.0 Å². The smallest absolute Gasteiger partial charge is 0.275 e. The number of hydrogen-bond acceptors (Lipinski definition) is 3. The molecular formula is C20H30ClN4O2+. The van der Waals surface area contributed by atoms with Crippen LogP contribution in [0.2, 0.25) is 5.02 Å². The zero-order chi connectivity index (χ0) is 19.2. The predicted molar refractivity (Wildman–Crippen MR) is 107 cm³/mol. The molecule has 0 bridgehead atoms. The number of amides is 2. The van der Waals surface area contributed by atoms with Crippen LogP contribution in [0.15, 0.2) is 18.2 Å². The van der Waals surface area contributed by atoms with E-state index in [0.29, 0.717) is 19.5 Å². The van der Waals surface area contributed by atoms with E-state index >= 15 is 0 Å². The van der Waals surface area contributed by atoms with Gasteiger partial charge in [-0.3, -0.25) is 9.59 Å². The molecule has 2 aliphatic rings. The largest absolute Gasteiger partial charge is 0.360 e. The summed E-state index contributed by atoms with van der Waals surface area (Å²) in [6, 6.07) is 6.01. The zero-order valence-corrected chi connectivity index (χ0v) is 16.9. The minimum atomic E-state index is 0.102. The van der Waals surface area contributed by atoms with E-state index in [2.05, 4.69) is 23.2 Å². The average Bonchev–Trinajstić information content (AvgIpc) is 3.06. The highest BCUT2D eigenvalue weighted by Gasteiger charge is 2.23. The van der Waals surface area contributed by atoms with Gasteiger partial charge in [0.25, 0.3) is 5.91 Å². The third-order valence-electron chi connectivity index (χ3n) is 5.49. The van der Waals surface area contributed by atoms with Crippen molar-refractivity contribution in [1.29, 1.82) is 0 Å². The molecule has 7 heteroatoms. The summed E-state index contributed by atoms with van der Waals surface area (Å²) < 4.78 is 0. The molecule has 2 N–H and O–H groups in total.